The summed E-state index contributed by atoms with van der Waals surface area (Å²) >= 11 is 0. The van der Waals surface area contributed by atoms with Crippen molar-refractivity contribution in [3.05, 3.63) is 30.1 Å². The highest BCUT2D eigenvalue weighted by Crippen LogP contribution is 2.60. The van der Waals surface area contributed by atoms with Gasteiger partial charge in [0.05, 0.1) is 4.90 Å². The van der Waals surface area contributed by atoms with Crippen molar-refractivity contribution < 1.29 is 17.6 Å². The summed E-state index contributed by atoms with van der Waals surface area (Å²) in [5, 5.41) is 3.21. The highest BCUT2D eigenvalue weighted by molar-refractivity contribution is 7.89. The first-order valence-corrected chi connectivity index (χ1v) is 12.8. The number of carbonyl (C=O) groups excluding carboxylic acids is 1. The number of rotatable bonds is 6. The monoisotopic (exact) mass is 434 g/mol. The minimum absolute atomic E-state index is 0.123. The molecular weight excluding hydrogens is 403 g/mol. The molecule has 4 aliphatic carbocycles. The van der Waals surface area contributed by atoms with Crippen LogP contribution in [0, 0.1) is 34.9 Å². The molecule has 1 aromatic carbocycles. The SMILES string of the molecule is O=C(NCCC1CCN(S(=O)(=O)c2ccc(F)cc2)C1)C12CC3CC(CC(C3)C1)C2. The highest BCUT2D eigenvalue weighted by atomic mass is 32.2. The van der Waals surface area contributed by atoms with Crippen molar-refractivity contribution in [2.45, 2.75) is 56.3 Å². The van der Waals surface area contributed by atoms with Crippen molar-refractivity contribution in [1.29, 1.82) is 0 Å². The van der Waals surface area contributed by atoms with Gasteiger partial charge in [-0.2, -0.15) is 4.31 Å². The Hall–Kier alpha value is -1.47. The zero-order chi connectivity index (χ0) is 20.9. The molecule has 30 heavy (non-hydrogen) atoms. The van der Waals surface area contributed by atoms with Gasteiger partial charge in [0.2, 0.25) is 15.9 Å². The topological polar surface area (TPSA) is 66.5 Å². The first kappa shape index (κ1) is 20.4. The van der Waals surface area contributed by atoms with Crippen LogP contribution in [-0.2, 0) is 14.8 Å². The van der Waals surface area contributed by atoms with Gasteiger partial charge in [0.1, 0.15) is 5.82 Å². The second kappa shape index (κ2) is 7.59. The second-order valence-electron chi connectivity index (χ2n) is 10.2. The third kappa shape index (κ3) is 3.68. The maximum atomic E-state index is 13.1. The summed E-state index contributed by atoms with van der Waals surface area (Å²) in [6, 6.07) is 5.01. The fraction of sp³-hybridized carbons (Fsp3) is 0.696. The molecule has 164 valence electrons. The number of carbonyl (C=O) groups is 1. The van der Waals surface area contributed by atoms with E-state index >= 15 is 0 Å². The summed E-state index contributed by atoms with van der Waals surface area (Å²) in [6.07, 6.45) is 8.78. The van der Waals surface area contributed by atoms with E-state index in [1.165, 1.54) is 47.8 Å². The number of amides is 1. The van der Waals surface area contributed by atoms with Crippen LogP contribution < -0.4 is 5.32 Å². The van der Waals surface area contributed by atoms with Gasteiger partial charge in [0.25, 0.3) is 0 Å². The molecule has 1 amide bonds. The molecule has 0 radical (unpaired) electrons. The van der Waals surface area contributed by atoms with Crippen LogP contribution in [0.1, 0.15) is 51.4 Å². The molecule has 1 aromatic rings. The minimum atomic E-state index is -3.58. The predicted octanol–water partition coefficient (Wildman–Crippen LogP) is 3.56. The van der Waals surface area contributed by atoms with Crippen molar-refractivity contribution in [3.63, 3.8) is 0 Å². The van der Waals surface area contributed by atoms with Gasteiger partial charge >= 0.3 is 0 Å². The Labute approximate surface area is 178 Å². The average Bonchev–Trinajstić information content (AvgIpc) is 3.17. The van der Waals surface area contributed by atoms with Gasteiger partial charge in [-0.3, -0.25) is 4.79 Å². The van der Waals surface area contributed by atoms with Crippen LogP contribution in [0.5, 0.6) is 0 Å². The summed E-state index contributed by atoms with van der Waals surface area (Å²) < 4.78 is 40.1. The lowest BCUT2D eigenvalue weighted by molar-refractivity contribution is -0.146. The van der Waals surface area contributed by atoms with Gasteiger partial charge in [0, 0.05) is 25.0 Å². The molecule has 1 saturated heterocycles. The van der Waals surface area contributed by atoms with E-state index in [4.69, 9.17) is 0 Å². The Morgan fingerprint density at radius 1 is 1.07 bits per heavy atom. The van der Waals surface area contributed by atoms with Crippen LogP contribution in [-0.4, -0.2) is 38.3 Å². The Morgan fingerprint density at radius 3 is 2.27 bits per heavy atom. The van der Waals surface area contributed by atoms with Gasteiger partial charge in [0.15, 0.2) is 0 Å². The number of benzene rings is 1. The Bertz CT molecular complexity index is 880. The van der Waals surface area contributed by atoms with Crippen LogP contribution in [0.2, 0.25) is 0 Å². The summed E-state index contributed by atoms with van der Waals surface area (Å²) in [6.45, 7) is 1.57. The standard InChI is InChI=1S/C23H31FN2O3S/c24-20-1-3-21(4-2-20)30(28,29)26-8-6-16(15-26)5-7-25-22(27)23-12-17-9-18(13-23)11-19(10-17)14-23/h1-4,16-19H,5-15H2,(H,25,27). The number of nitrogens with one attached hydrogen (secondary N) is 1. The lowest BCUT2D eigenvalue weighted by Crippen LogP contribution is -2.53. The summed E-state index contributed by atoms with van der Waals surface area (Å²) in [4.78, 5) is 13.2. The molecule has 1 N–H and O–H groups in total. The normalized spacial score (nSPS) is 35.6. The largest absolute Gasteiger partial charge is 0.356 e. The van der Waals surface area contributed by atoms with Crippen LogP contribution >= 0.6 is 0 Å². The Morgan fingerprint density at radius 2 is 1.67 bits per heavy atom. The molecule has 1 heterocycles. The molecule has 5 nitrogen and oxygen atoms in total. The number of hydrogen-bond acceptors (Lipinski definition) is 3. The van der Waals surface area contributed by atoms with E-state index in [2.05, 4.69) is 5.32 Å². The van der Waals surface area contributed by atoms with Crippen LogP contribution in [0.25, 0.3) is 0 Å². The third-order valence-corrected chi connectivity index (χ3v) is 9.94. The molecule has 0 spiro atoms. The van der Waals surface area contributed by atoms with E-state index in [1.807, 2.05) is 0 Å². The van der Waals surface area contributed by atoms with Crippen LogP contribution in [0.3, 0.4) is 0 Å². The zero-order valence-electron chi connectivity index (χ0n) is 17.4. The van der Waals surface area contributed by atoms with E-state index in [9.17, 15) is 17.6 Å². The third-order valence-electron chi connectivity index (χ3n) is 8.06. The molecule has 0 aromatic heterocycles. The summed E-state index contributed by atoms with van der Waals surface area (Å²) in [7, 11) is -3.58. The highest BCUT2D eigenvalue weighted by Gasteiger charge is 2.54. The van der Waals surface area contributed by atoms with Crippen molar-refractivity contribution in [2.75, 3.05) is 19.6 Å². The smallest absolute Gasteiger partial charge is 0.243 e. The number of hydrogen-bond donors (Lipinski definition) is 1. The van der Waals surface area contributed by atoms with Crippen molar-refractivity contribution >= 4 is 15.9 Å². The second-order valence-corrected chi connectivity index (χ2v) is 12.2. The van der Waals surface area contributed by atoms with E-state index in [1.54, 1.807) is 0 Å². The van der Waals surface area contributed by atoms with Crippen LogP contribution in [0.15, 0.2) is 29.2 Å². The number of halogens is 1. The molecule has 7 heteroatoms. The molecular formula is C23H31FN2O3S. The average molecular weight is 435 g/mol. The van der Waals surface area contributed by atoms with Crippen molar-refractivity contribution in [3.8, 4) is 0 Å². The van der Waals surface area contributed by atoms with Crippen LogP contribution in [0.4, 0.5) is 4.39 Å². The molecule has 5 fully saturated rings. The van der Waals surface area contributed by atoms with Gasteiger partial charge in [-0.15, -0.1) is 0 Å². The van der Waals surface area contributed by atoms with Gasteiger partial charge in [-0.1, -0.05) is 0 Å². The Balaban J connectivity index is 1.13. The lowest BCUT2D eigenvalue weighted by Gasteiger charge is -2.55. The zero-order valence-corrected chi connectivity index (χ0v) is 18.2. The van der Waals surface area contributed by atoms with E-state index in [-0.39, 0.29) is 22.1 Å². The van der Waals surface area contributed by atoms with Gasteiger partial charge < -0.3 is 5.32 Å². The maximum absolute atomic E-state index is 13.1. The number of nitrogens with zero attached hydrogens (tertiary/aromatic N) is 1. The van der Waals surface area contributed by atoms with E-state index < -0.39 is 15.8 Å². The molecule has 6 rings (SSSR count). The van der Waals surface area contributed by atoms with Gasteiger partial charge in [-0.25, -0.2) is 12.8 Å². The summed E-state index contributed by atoms with van der Waals surface area (Å²) in [5.41, 5.74) is -0.123. The molecule has 1 atom stereocenters. The molecule has 4 bridgehead atoms. The molecule has 1 aliphatic heterocycles. The minimum Gasteiger partial charge on any atom is -0.356 e. The predicted molar refractivity (Wildman–Crippen MR) is 111 cm³/mol. The van der Waals surface area contributed by atoms with E-state index in [0.717, 1.165) is 49.9 Å². The lowest BCUT2D eigenvalue weighted by atomic mass is 9.49. The van der Waals surface area contributed by atoms with Crippen molar-refractivity contribution in [2.24, 2.45) is 29.1 Å². The maximum Gasteiger partial charge on any atom is 0.243 e. The number of sulfonamides is 1. The molecule has 4 saturated carbocycles. The first-order chi connectivity index (χ1) is 14.3. The van der Waals surface area contributed by atoms with Gasteiger partial charge in [-0.05, 0) is 99.3 Å². The Kier molecular flexibility index (Phi) is 5.17. The molecule has 1 unspecified atom stereocenters. The summed E-state index contributed by atoms with van der Waals surface area (Å²) in [5.74, 6) is 2.31. The molecule has 5 aliphatic rings. The fourth-order valence-electron chi connectivity index (χ4n) is 6.97. The van der Waals surface area contributed by atoms with Crippen molar-refractivity contribution in [1.82, 2.24) is 9.62 Å². The fourth-order valence-corrected chi connectivity index (χ4v) is 8.50. The quantitative estimate of drug-likeness (QED) is 0.745. The van der Waals surface area contributed by atoms with E-state index in [0.29, 0.717) is 19.6 Å². The first-order valence-electron chi connectivity index (χ1n) is 11.4.